The Kier molecular flexibility index (Phi) is 4.46. The van der Waals surface area contributed by atoms with Crippen molar-refractivity contribution in [3.05, 3.63) is 11.7 Å². The van der Waals surface area contributed by atoms with Gasteiger partial charge in [0.15, 0.2) is 5.82 Å². The molecular weight excluding hydrogens is 220 g/mol. The van der Waals surface area contributed by atoms with Crippen LogP contribution in [0.3, 0.4) is 0 Å². The summed E-state index contributed by atoms with van der Waals surface area (Å²) in [6, 6.07) is -0.205. The molecule has 2 rings (SSSR count). The molecule has 1 aromatic rings. The fourth-order valence-corrected chi connectivity index (χ4v) is 1.29. The van der Waals surface area contributed by atoms with Gasteiger partial charge in [0.25, 0.3) is 5.89 Å². The Labute approximate surface area is 94.0 Å². The number of nitrogens with two attached hydrogens (primary N) is 1. The maximum Gasteiger partial charge on any atom is 0.257 e. The van der Waals surface area contributed by atoms with E-state index in [2.05, 4.69) is 15.5 Å². The first-order chi connectivity index (χ1) is 6.77. The van der Waals surface area contributed by atoms with Gasteiger partial charge < -0.3 is 20.3 Å². The van der Waals surface area contributed by atoms with E-state index >= 15 is 0 Å². The summed E-state index contributed by atoms with van der Waals surface area (Å²) in [6.07, 6.45) is -0.135. The Bertz CT molecular complexity index is 299. The van der Waals surface area contributed by atoms with Gasteiger partial charge in [0.05, 0.1) is 12.6 Å². The minimum absolute atomic E-state index is 0. The number of hydrogen-bond acceptors (Lipinski definition) is 6. The van der Waals surface area contributed by atoms with Gasteiger partial charge in [0, 0.05) is 13.1 Å². The second-order valence-corrected chi connectivity index (χ2v) is 3.34. The minimum Gasteiger partial charge on any atom is -0.366 e. The number of rotatable bonds is 2. The van der Waals surface area contributed by atoms with Crippen molar-refractivity contribution in [3.8, 4) is 0 Å². The first kappa shape index (κ1) is 12.4. The van der Waals surface area contributed by atoms with E-state index in [1.54, 1.807) is 0 Å². The maximum absolute atomic E-state index is 5.62. The Morgan fingerprint density at radius 2 is 2.40 bits per heavy atom. The Morgan fingerprint density at radius 3 is 2.93 bits per heavy atom. The zero-order valence-corrected chi connectivity index (χ0v) is 9.29. The summed E-state index contributed by atoms with van der Waals surface area (Å²) >= 11 is 0. The lowest BCUT2D eigenvalue weighted by atomic mass is 10.3. The van der Waals surface area contributed by atoms with Gasteiger partial charge in [-0.3, -0.25) is 0 Å². The lowest BCUT2D eigenvalue weighted by molar-refractivity contribution is 0.00755. The molecule has 3 N–H and O–H groups in total. The first-order valence-corrected chi connectivity index (χ1v) is 4.69. The number of halogens is 1. The molecule has 1 aromatic heterocycles. The van der Waals surface area contributed by atoms with E-state index in [0.29, 0.717) is 24.9 Å². The molecule has 1 aliphatic rings. The van der Waals surface area contributed by atoms with Gasteiger partial charge in [-0.2, -0.15) is 4.98 Å². The molecule has 1 unspecified atom stereocenters. The number of nitrogens with zero attached hydrogens (tertiary/aromatic N) is 2. The zero-order chi connectivity index (χ0) is 9.97. The molecule has 0 saturated carbocycles. The number of aromatic nitrogens is 2. The van der Waals surface area contributed by atoms with Crippen LogP contribution in [0, 0.1) is 0 Å². The van der Waals surface area contributed by atoms with Crippen LogP contribution < -0.4 is 11.1 Å². The smallest absolute Gasteiger partial charge is 0.257 e. The summed E-state index contributed by atoms with van der Waals surface area (Å²) in [4.78, 5) is 4.17. The molecule has 0 aliphatic carbocycles. The third-order valence-electron chi connectivity index (χ3n) is 2.07. The largest absolute Gasteiger partial charge is 0.366 e. The SMILES string of the molecule is CC(N)c1noc([C@@H]2CNCCO2)n1.Cl. The fraction of sp³-hybridized carbons (Fsp3) is 0.750. The maximum atomic E-state index is 5.62. The van der Waals surface area contributed by atoms with Crippen LogP contribution in [0.25, 0.3) is 0 Å². The van der Waals surface area contributed by atoms with Crippen LogP contribution in [0.5, 0.6) is 0 Å². The molecule has 0 amide bonds. The standard InChI is InChI=1S/C8H14N4O2.ClH/c1-5(9)7-11-8(14-12-7)6-4-10-2-3-13-6;/h5-6,10H,2-4,9H2,1H3;1H/t5?,6-;/m0./s1. The molecule has 6 nitrogen and oxygen atoms in total. The highest BCUT2D eigenvalue weighted by atomic mass is 35.5. The molecular formula is C8H15ClN4O2. The summed E-state index contributed by atoms with van der Waals surface area (Å²) in [5.74, 6) is 1.03. The molecule has 0 radical (unpaired) electrons. The summed E-state index contributed by atoms with van der Waals surface area (Å²) in [5.41, 5.74) is 5.62. The van der Waals surface area contributed by atoms with Gasteiger partial charge in [-0.25, -0.2) is 0 Å². The molecule has 1 saturated heterocycles. The quantitative estimate of drug-likeness (QED) is 0.759. The average molecular weight is 235 g/mol. The predicted octanol–water partition coefficient (Wildman–Crippen LogP) is 0.172. The second-order valence-electron chi connectivity index (χ2n) is 3.34. The number of nitrogens with one attached hydrogen (secondary N) is 1. The van der Waals surface area contributed by atoms with Gasteiger partial charge in [-0.05, 0) is 6.92 Å². The summed E-state index contributed by atoms with van der Waals surface area (Å²) < 4.78 is 10.5. The van der Waals surface area contributed by atoms with Crippen molar-refractivity contribution in [2.45, 2.75) is 19.1 Å². The molecule has 86 valence electrons. The topological polar surface area (TPSA) is 86.2 Å². The number of ether oxygens (including phenoxy) is 1. The number of hydrogen-bond donors (Lipinski definition) is 2. The lowest BCUT2D eigenvalue weighted by Gasteiger charge is -2.19. The fourth-order valence-electron chi connectivity index (χ4n) is 1.29. The summed E-state index contributed by atoms with van der Waals surface area (Å²) in [5, 5.41) is 6.96. The van der Waals surface area contributed by atoms with Gasteiger partial charge in [-0.1, -0.05) is 5.16 Å². The third kappa shape index (κ3) is 2.88. The van der Waals surface area contributed by atoms with Crippen molar-refractivity contribution in [2.75, 3.05) is 19.7 Å². The van der Waals surface area contributed by atoms with Crippen LogP contribution in [0.15, 0.2) is 4.52 Å². The van der Waals surface area contributed by atoms with Crippen molar-refractivity contribution in [1.29, 1.82) is 0 Å². The Morgan fingerprint density at radius 1 is 1.60 bits per heavy atom. The highest BCUT2D eigenvalue weighted by Crippen LogP contribution is 2.17. The van der Waals surface area contributed by atoms with E-state index in [4.69, 9.17) is 15.0 Å². The van der Waals surface area contributed by atoms with Crippen molar-refractivity contribution >= 4 is 12.4 Å². The third-order valence-corrected chi connectivity index (χ3v) is 2.07. The minimum atomic E-state index is -0.205. The van der Waals surface area contributed by atoms with Crippen molar-refractivity contribution in [2.24, 2.45) is 5.73 Å². The van der Waals surface area contributed by atoms with Crippen LogP contribution in [-0.2, 0) is 4.74 Å². The number of morpholine rings is 1. The van der Waals surface area contributed by atoms with Gasteiger partial charge in [-0.15, -0.1) is 12.4 Å². The van der Waals surface area contributed by atoms with Gasteiger partial charge >= 0.3 is 0 Å². The summed E-state index contributed by atoms with van der Waals surface area (Å²) in [6.45, 7) is 4.06. The Hall–Kier alpha value is -0.690. The van der Waals surface area contributed by atoms with Crippen LogP contribution >= 0.6 is 12.4 Å². The van der Waals surface area contributed by atoms with Gasteiger partial charge in [0.1, 0.15) is 6.10 Å². The van der Waals surface area contributed by atoms with E-state index in [9.17, 15) is 0 Å². The van der Waals surface area contributed by atoms with Crippen LogP contribution in [0.2, 0.25) is 0 Å². The van der Waals surface area contributed by atoms with Crippen LogP contribution in [-0.4, -0.2) is 29.8 Å². The lowest BCUT2D eigenvalue weighted by Crippen LogP contribution is -2.33. The first-order valence-electron chi connectivity index (χ1n) is 4.69. The van der Waals surface area contributed by atoms with E-state index in [-0.39, 0.29) is 24.6 Å². The molecule has 0 bridgehead atoms. The monoisotopic (exact) mass is 234 g/mol. The highest BCUT2D eigenvalue weighted by molar-refractivity contribution is 5.85. The van der Waals surface area contributed by atoms with Crippen LogP contribution in [0.1, 0.15) is 30.8 Å². The van der Waals surface area contributed by atoms with Crippen molar-refractivity contribution in [3.63, 3.8) is 0 Å². The van der Waals surface area contributed by atoms with E-state index in [1.807, 2.05) is 6.92 Å². The van der Waals surface area contributed by atoms with E-state index < -0.39 is 0 Å². The molecule has 1 aliphatic heterocycles. The second kappa shape index (κ2) is 5.41. The molecule has 0 aromatic carbocycles. The van der Waals surface area contributed by atoms with E-state index in [0.717, 1.165) is 6.54 Å². The van der Waals surface area contributed by atoms with Crippen molar-refractivity contribution < 1.29 is 9.26 Å². The highest BCUT2D eigenvalue weighted by Gasteiger charge is 2.22. The predicted molar refractivity (Wildman–Crippen MR) is 55.7 cm³/mol. The molecule has 7 heteroatoms. The summed E-state index contributed by atoms with van der Waals surface area (Å²) in [7, 11) is 0. The molecule has 15 heavy (non-hydrogen) atoms. The Balaban J connectivity index is 0.00000112. The molecule has 2 heterocycles. The zero-order valence-electron chi connectivity index (χ0n) is 8.47. The van der Waals surface area contributed by atoms with Crippen LogP contribution in [0.4, 0.5) is 0 Å². The van der Waals surface area contributed by atoms with E-state index in [1.165, 1.54) is 0 Å². The molecule has 2 atom stereocenters. The average Bonchev–Trinajstić information content (AvgIpc) is 2.68. The molecule has 0 spiro atoms. The van der Waals surface area contributed by atoms with Gasteiger partial charge in [0.2, 0.25) is 0 Å². The molecule has 1 fully saturated rings. The van der Waals surface area contributed by atoms with Crippen molar-refractivity contribution in [1.82, 2.24) is 15.5 Å². The normalized spacial score (nSPS) is 23.2.